The summed E-state index contributed by atoms with van der Waals surface area (Å²) in [6.45, 7) is 4.24. The summed E-state index contributed by atoms with van der Waals surface area (Å²) in [5, 5.41) is 7.14. The topological polar surface area (TPSA) is 67.6 Å². The maximum Gasteiger partial charge on any atom is 0.181 e. The third kappa shape index (κ3) is 2.53. The zero-order valence-corrected chi connectivity index (χ0v) is 10.2. The van der Waals surface area contributed by atoms with Crippen LogP contribution in [0, 0.1) is 5.92 Å². The summed E-state index contributed by atoms with van der Waals surface area (Å²) in [4.78, 5) is 4.46. The quantitative estimate of drug-likeness (QED) is 0.848. The number of nitrogens with two attached hydrogens (primary N) is 1. The number of rotatable bonds is 4. The molecule has 90 valence electrons. The molecule has 0 aliphatic carbocycles. The second-order valence-corrected chi connectivity index (χ2v) is 4.32. The van der Waals surface area contributed by atoms with Gasteiger partial charge in [-0.2, -0.15) is 5.10 Å². The van der Waals surface area contributed by atoms with Gasteiger partial charge in [0.15, 0.2) is 5.82 Å². The molecule has 17 heavy (non-hydrogen) atoms. The number of benzene rings is 1. The van der Waals surface area contributed by atoms with Gasteiger partial charge in [-0.15, -0.1) is 0 Å². The lowest BCUT2D eigenvalue weighted by Gasteiger charge is -2.14. The van der Waals surface area contributed by atoms with Gasteiger partial charge in [-0.05, 0) is 5.92 Å². The van der Waals surface area contributed by atoms with Gasteiger partial charge in [-0.1, -0.05) is 50.6 Å². The minimum atomic E-state index is -0.0787. The van der Waals surface area contributed by atoms with Crippen LogP contribution >= 0.6 is 0 Å². The number of H-pyrrole nitrogens is 1. The third-order valence-electron chi connectivity index (χ3n) is 3.11. The first kappa shape index (κ1) is 11.8. The molecule has 3 N–H and O–H groups in total. The van der Waals surface area contributed by atoms with Crippen LogP contribution in [0.3, 0.4) is 0 Å². The zero-order chi connectivity index (χ0) is 12.3. The number of aromatic nitrogens is 3. The van der Waals surface area contributed by atoms with E-state index < -0.39 is 0 Å². The lowest BCUT2D eigenvalue weighted by Crippen LogP contribution is -2.19. The van der Waals surface area contributed by atoms with Gasteiger partial charge in [0.25, 0.3) is 0 Å². The van der Waals surface area contributed by atoms with Gasteiger partial charge >= 0.3 is 0 Å². The Morgan fingerprint density at radius 2 is 2.00 bits per heavy atom. The highest BCUT2D eigenvalue weighted by atomic mass is 15.2. The summed E-state index contributed by atoms with van der Waals surface area (Å²) < 4.78 is 0. The fourth-order valence-corrected chi connectivity index (χ4v) is 1.66. The van der Waals surface area contributed by atoms with Crippen LogP contribution in [-0.4, -0.2) is 15.2 Å². The van der Waals surface area contributed by atoms with E-state index in [0.717, 1.165) is 17.8 Å². The van der Waals surface area contributed by atoms with Gasteiger partial charge in [0, 0.05) is 5.56 Å². The van der Waals surface area contributed by atoms with Crippen LogP contribution in [0.2, 0.25) is 0 Å². The molecule has 2 rings (SSSR count). The number of nitrogens with zero attached hydrogens (tertiary/aromatic N) is 2. The molecule has 0 saturated heterocycles. The van der Waals surface area contributed by atoms with Gasteiger partial charge in [0.1, 0.15) is 5.82 Å². The number of nitrogens with one attached hydrogen (secondary N) is 1. The van der Waals surface area contributed by atoms with Crippen LogP contribution < -0.4 is 5.73 Å². The average molecular weight is 230 g/mol. The maximum absolute atomic E-state index is 6.11. The largest absolute Gasteiger partial charge is 0.321 e. The Balaban J connectivity index is 2.22. The van der Waals surface area contributed by atoms with Gasteiger partial charge in [-0.25, -0.2) is 4.98 Å². The number of hydrogen-bond donors (Lipinski definition) is 2. The Morgan fingerprint density at radius 3 is 2.65 bits per heavy atom. The molecule has 1 heterocycles. The summed E-state index contributed by atoms with van der Waals surface area (Å²) in [6, 6.07) is 9.82. The molecule has 0 bridgehead atoms. The van der Waals surface area contributed by atoms with Gasteiger partial charge in [0.2, 0.25) is 0 Å². The molecule has 0 fully saturated rings. The Hall–Kier alpha value is -1.68. The molecule has 2 unspecified atom stereocenters. The first-order chi connectivity index (χ1) is 8.22. The van der Waals surface area contributed by atoms with Crippen molar-refractivity contribution in [3.63, 3.8) is 0 Å². The van der Waals surface area contributed by atoms with Crippen molar-refractivity contribution in [3.8, 4) is 11.4 Å². The van der Waals surface area contributed by atoms with E-state index in [1.165, 1.54) is 0 Å². The predicted octanol–water partition coefficient (Wildman–Crippen LogP) is 2.52. The Morgan fingerprint density at radius 1 is 1.29 bits per heavy atom. The molecule has 2 aromatic rings. The van der Waals surface area contributed by atoms with Crippen molar-refractivity contribution in [3.05, 3.63) is 36.2 Å². The molecule has 0 aliphatic rings. The van der Waals surface area contributed by atoms with Crippen LogP contribution in [0.25, 0.3) is 11.4 Å². The Kier molecular flexibility index (Phi) is 3.54. The highest BCUT2D eigenvalue weighted by Gasteiger charge is 2.17. The standard InChI is InChI=1S/C13H18N4/c1-3-9(2)11(14)13-15-12(16-17-13)10-7-5-4-6-8-10/h4-9,11H,3,14H2,1-2H3,(H,15,16,17). The smallest absolute Gasteiger partial charge is 0.181 e. The molecule has 2 atom stereocenters. The van der Waals surface area contributed by atoms with Crippen molar-refractivity contribution in [2.24, 2.45) is 11.7 Å². The third-order valence-corrected chi connectivity index (χ3v) is 3.11. The first-order valence-electron chi connectivity index (χ1n) is 5.95. The summed E-state index contributed by atoms with van der Waals surface area (Å²) >= 11 is 0. The molecule has 0 aliphatic heterocycles. The van der Waals surface area contributed by atoms with Gasteiger partial charge in [-0.3, -0.25) is 5.10 Å². The Bertz CT molecular complexity index is 463. The molecular weight excluding hydrogens is 212 g/mol. The predicted molar refractivity (Wildman–Crippen MR) is 68.2 cm³/mol. The van der Waals surface area contributed by atoms with Crippen molar-refractivity contribution in [1.29, 1.82) is 0 Å². The van der Waals surface area contributed by atoms with Crippen molar-refractivity contribution >= 4 is 0 Å². The lowest BCUT2D eigenvalue weighted by molar-refractivity contribution is 0.440. The van der Waals surface area contributed by atoms with Crippen molar-refractivity contribution in [1.82, 2.24) is 15.2 Å². The summed E-state index contributed by atoms with van der Waals surface area (Å²) in [6.07, 6.45) is 1.03. The van der Waals surface area contributed by atoms with E-state index in [0.29, 0.717) is 11.7 Å². The summed E-state index contributed by atoms with van der Waals surface area (Å²) in [5.41, 5.74) is 7.11. The minimum Gasteiger partial charge on any atom is -0.321 e. The van der Waals surface area contributed by atoms with E-state index in [1.807, 2.05) is 30.3 Å². The van der Waals surface area contributed by atoms with Crippen LogP contribution in [-0.2, 0) is 0 Å². The fraction of sp³-hybridized carbons (Fsp3) is 0.385. The van der Waals surface area contributed by atoms with Gasteiger partial charge in [0.05, 0.1) is 6.04 Å². The van der Waals surface area contributed by atoms with E-state index in [1.54, 1.807) is 0 Å². The minimum absolute atomic E-state index is 0.0787. The molecule has 4 nitrogen and oxygen atoms in total. The van der Waals surface area contributed by atoms with E-state index in [-0.39, 0.29) is 6.04 Å². The first-order valence-corrected chi connectivity index (χ1v) is 5.95. The zero-order valence-electron chi connectivity index (χ0n) is 10.2. The highest BCUT2D eigenvalue weighted by molar-refractivity contribution is 5.53. The molecule has 1 aromatic heterocycles. The lowest BCUT2D eigenvalue weighted by atomic mass is 10.00. The van der Waals surface area contributed by atoms with Crippen LogP contribution in [0.1, 0.15) is 32.1 Å². The van der Waals surface area contributed by atoms with Crippen LogP contribution in [0.4, 0.5) is 0 Å². The summed E-state index contributed by atoms with van der Waals surface area (Å²) in [7, 11) is 0. The molecule has 1 aromatic carbocycles. The van der Waals surface area contributed by atoms with Crippen LogP contribution in [0.5, 0.6) is 0 Å². The normalized spacial score (nSPS) is 14.5. The van der Waals surface area contributed by atoms with E-state index >= 15 is 0 Å². The van der Waals surface area contributed by atoms with E-state index in [9.17, 15) is 0 Å². The van der Waals surface area contributed by atoms with Crippen molar-refractivity contribution < 1.29 is 0 Å². The number of hydrogen-bond acceptors (Lipinski definition) is 3. The molecule has 0 spiro atoms. The van der Waals surface area contributed by atoms with E-state index in [2.05, 4.69) is 29.0 Å². The second kappa shape index (κ2) is 5.10. The monoisotopic (exact) mass is 230 g/mol. The Labute approximate surface area is 101 Å². The fourth-order valence-electron chi connectivity index (χ4n) is 1.66. The molecule has 4 heteroatoms. The SMILES string of the molecule is CCC(C)C(N)c1nc(-c2ccccc2)n[nH]1. The molecular formula is C13H18N4. The molecule has 0 radical (unpaired) electrons. The van der Waals surface area contributed by atoms with Crippen molar-refractivity contribution in [2.45, 2.75) is 26.3 Å². The summed E-state index contributed by atoms with van der Waals surface area (Å²) in [5.74, 6) is 1.86. The van der Waals surface area contributed by atoms with E-state index in [4.69, 9.17) is 5.73 Å². The van der Waals surface area contributed by atoms with Gasteiger partial charge < -0.3 is 5.73 Å². The average Bonchev–Trinajstić information content (AvgIpc) is 2.87. The molecule has 0 amide bonds. The molecule has 0 saturated carbocycles. The second-order valence-electron chi connectivity index (χ2n) is 4.32. The maximum atomic E-state index is 6.11. The van der Waals surface area contributed by atoms with Crippen molar-refractivity contribution in [2.75, 3.05) is 0 Å². The highest BCUT2D eigenvalue weighted by Crippen LogP contribution is 2.21. The van der Waals surface area contributed by atoms with Crippen LogP contribution in [0.15, 0.2) is 30.3 Å². The number of aromatic amines is 1.